The van der Waals surface area contributed by atoms with Gasteiger partial charge >= 0.3 is 0 Å². The molecule has 2 N–H and O–H groups in total. The molecule has 0 unspecified atom stereocenters. The molecular weight excluding hydrogens is 254 g/mol. The third-order valence-electron chi connectivity index (χ3n) is 3.18. The number of nitrogens with zero attached hydrogens (tertiary/aromatic N) is 2. The Morgan fingerprint density at radius 3 is 2.95 bits per heavy atom. The highest BCUT2D eigenvalue weighted by molar-refractivity contribution is 5.94. The zero-order valence-corrected chi connectivity index (χ0v) is 12.0. The topological polar surface area (TPSA) is 57.6 Å². The number of aliphatic hydroxyl groups is 1. The minimum atomic E-state index is 0.111. The van der Waals surface area contributed by atoms with Crippen molar-refractivity contribution in [1.82, 2.24) is 4.98 Å². The van der Waals surface area contributed by atoms with E-state index in [0.717, 1.165) is 28.8 Å². The van der Waals surface area contributed by atoms with Crippen molar-refractivity contribution >= 4 is 22.3 Å². The molecule has 0 fully saturated rings. The van der Waals surface area contributed by atoms with Gasteiger partial charge in [0.2, 0.25) is 0 Å². The number of nitrogens with one attached hydrogen (secondary N) is 1. The highest BCUT2D eigenvalue weighted by atomic mass is 16.5. The van der Waals surface area contributed by atoms with Crippen LogP contribution in [0.5, 0.6) is 0 Å². The molecule has 2 aromatic rings. The summed E-state index contributed by atoms with van der Waals surface area (Å²) >= 11 is 0. The summed E-state index contributed by atoms with van der Waals surface area (Å²) in [7, 11) is 3.62. The second kappa shape index (κ2) is 7.07. The molecule has 108 valence electrons. The second-order valence-electron chi connectivity index (χ2n) is 4.64. The van der Waals surface area contributed by atoms with Crippen LogP contribution in [-0.2, 0) is 4.74 Å². The number of ether oxygens (including phenoxy) is 1. The first-order valence-corrected chi connectivity index (χ1v) is 6.70. The highest BCUT2D eigenvalue weighted by Gasteiger charge is 2.07. The van der Waals surface area contributed by atoms with Gasteiger partial charge in [-0.2, -0.15) is 0 Å². The van der Waals surface area contributed by atoms with Crippen molar-refractivity contribution in [3.63, 3.8) is 0 Å². The number of anilines is 2. The van der Waals surface area contributed by atoms with Crippen LogP contribution in [0.1, 0.15) is 0 Å². The summed E-state index contributed by atoms with van der Waals surface area (Å²) in [6.07, 6.45) is 1.80. The Morgan fingerprint density at radius 1 is 1.35 bits per heavy atom. The van der Waals surface area contributed by atoms with Gasteiger partial charge in [0.15, 0.2) is 0 Å². The van der Waals surface area contributed by atoms with E-state index < -0.39 is 0 Å². The van der Waals surface area contributed by atoms with Gasteiger partial charge in [0, 0.05) is 44.5 Å². The van der Waals surface area contributed by atoms with E-state index in [9.17, 15) is 0 Å². The van der Waals surface area contributed by atoms with E-state index in [4.69, 9.17) is 9.84 Å². The average molecular weight is 275 g/mol. The number of likely N-dealkylation sites (N-methyl/N-ethyl adjacent to an activating group) is 1. The number of benzene rings is 1. The van der Waals surface area contributed by atoms with Crippen molar-refractivity contribution in [3.8, 4) is 0 Å². The molecule has 5 heteroatoms. The Bertz CT molecular complexity index is 560. The minimum Gasteiger partial charge on any atom is -0.395 e. The average Bonchev–Trinajstić information content (AvgIpc) is 2.47. The molecule has 0 bridgehead atoms. The van der Waals surface area contributed by atoms with E-state index in [1.807, 2.05) is 24.1 Å². The van der Waals surface area contributed by atoms with Crippen LogP contribution in [-0.4, -0.2) is 50.6 Å². The molecule has 0 saturated carbocycles. The van der Waals surface area contributed by atoms with Gasteiger partial charge in [0.1, 0.15) is 5.82 Å². The summed E-state index contributed by atoms with van der Waals surface area (Å²) in [5.74, 6) is 0.881. The summed E-state index contributed by atoms with van der Waals surface area (Å²) in [4.78, 5) is 6.38. The highest BCUT2D eigenvalue weighted by Crippen LogP contribution is 2.26. The quantitative estimate of drug-likeness (QED) is 0.754. The standard InChI is InChI=1S/C15H21N3O2/c1-18(8-9-19)15-14-11-13(16-7-10-20-2)4-3-12(14)5-6-17-15/h3-6,11,16,19H,7-10H2,1-2H3. The Kier molecular flexibility index (Phi) is 5.15. The molecule has 1 aromatic carbocycles. The molecule has 0 atom stereocenters. The maximum absolute atomic E-state index is 9.07. The molecule has 0 saturated heterocycles. The smallest absolute Gasteiger partial charge is 0.136 e. The first-order chi connectivity index (χ1) is 9.76. The number of hydrogen-bond acceptors (Lipinski definition) is 5. The lowest BCUT2D eigenvalue weighted by Gasteiger charge is -2.19. The third-order valence-corrected chi connectivity index (χ3v) is 3.18. The summed E-state index contributed by atoms with van der Waals surface area (Å²) in [6, 6.07) is 8.20. The number of pyridine rings is 1. The zero-order chi connectivity index (χ0) is 14.4. The molecule has 2 rings (SSSR count). The molecule has 0 amide bonds. The largest absolute Gasteiger partial charge is 0.395 e. The van der Waals surface area contributed by atoms with Crippen LogP contribution >= 0.6 is 0 Å². The van der Waals surface area contributed by atoms with Crippen LogP contribution in [0.4, 0.5) is 11.5 Å². The van der Waals surface area contributed by atoms with Gasteiger partial charge in [-0.15, -0.1) is 0 Å². The second-order valence-corrected chi connectivity index (χ2v) is 4.64. The number of rotatable bonds is 7. The molecular formula is C15H21N3O2. The van der Waals surface area contributed by atoms with Crippen molar-refractivity contribution in [2.75, 3.05) is 50.7 Å². The van der Waals surface area contributed by atoms with Crippen LogP contribution in [0.25, 0.3) is 10.8 Å². The lowest BCUT2D eigenvalue weighted by molar-refractivity contribution is 0.211. The van der Waals surface area contributed by atoms with Crippen molar-refractivity contribution < 1.29 is 9.84 Å². The first kappa shape index (κ1) is 14.6. The van der Waals surface area contributed by atoms with Crippen LogP contribution in [0.3, 0.4) is 0 Å². The van der Waals surface area contributed by atoms with E-state index in [-0.39, 0.29) is 6.61 Å². The van der Waals surface area contributed by atoms with Crippen molar-refractivity contribution in [2.24, 2.45) is 0 Å². The Balaban J connectivity index is 2.30. The normalized spacial score (nSPS) is 10.8. The number of fused-ring (bicyclic) bond motifs is 1. The van der Waals surface area contributed by atoms with Crippen LogP contribution in [0.2, 0.25) is 0 Å². The van der Waals surface area contributed by atoms with Crippen molar-refractivity contribution in [1.29, 1.82) is 0 Å². The molecule has 20 heavy (non-hydrogen) atoms. The van der Waals surface area contributed by atoms with Crippen LogP contribution in [0, 0.1) is 0 Å². The van der Waals surface area contributed by atoms with E-state index in [2.05, 4.69) is 22.4 Å². The SMILES string of the molecule is COCCNc1ccc2ccnc(N(C)CCO)c2c1. The van der Waals surface area contributed by atoms with Gasteiger partial charge in [0.25, 0.3) is 0 Å². The summed E-state index contributed by atoms with van der Waals surface area (Å²) in [5, 5.41) is 14.6. The van der Waals surface area contributed by atoms with Gasteiger partial charge in [-0.3, -0.25) is 0 Å². The molecule has 0 aliphatic heterocycles. The van der Waals surface area contributed by atoms with Crippen molar-refractivity contribution in [3.05, 3.63) is 30.5 Å². The van der Waals surface area contributed by atoms with Gasteiger partial charge in [0.05, 0.1) is 13.2 Å². The lowest BCUT2D eigenvalue weighted by atomic mass is 10.1. The monoisotopic (exact) mass is 275 g/mol. The molecule has 0 aliphatic carbocycles. The predicted molar refractivity (Wildman–Crippen MR) is 82.5 cm³/mol. The molecule has 1 aromatic heterocycles. The fourth-order valence-corrected chi connectivity index (χ4v) is 2.12. The van der Waals surface area contributed by atoms with Crippen LogP contribution < -0.4 is 10.2 Å². The number of methoxy groups -OCH3 is 1. The zero-order valence-electron chi connectivity index (χ0n) is 12.0. The summed E-state index contributed by atoms with van der Waals surface area (Å²) in [6.45, 7) is 2.11. The Morgan fingerprint density at radius 2 is 2.20 bits per heavy atom. The predicted octanol–water partition coefficient (Wildman–Crippen LogP) is 1.72. The molecule has 0 aliphatic rings. The van der Waals surface area contributed by atoms with E-state index in [1.54, 1.807) is 13.3 Å². The Labute approximate surface area is 119 Å². The van der Waals surface area contributed by atoms with Crippen LogP contribution in [0.15, 0.2) is 30.5 Å². The fraction of sp³-hybridized carbons (Fsp3) is 0.400. The van der Waals surface area contributed by atoms with E-state index in [0.29, 0.717) is 13.2 Å². The third kappa shape index (κ3) is 3.37. The van der Waals surface area contributed by atoms with E-state index in [1.165, 1.54) is 0 Å². The first-order valence-electron chi connectivity index (χ1n) is 6.70. The number of hydrogen-bond donors (Lipinski definition) is 2. The molecule has 0 spiro atoms. The number of aliphatic hydroxyl groups excluding tert-OH is 1. The van der Waals surface area contributed by atoms with E-state index >= 15 is 0 Å². The summed E-state index contributed by atoms with van der Waals surface area (Å²) < 4.78 is 5.03. The molecule has 1 heterocycles. The Hall–Kier alpha value is -1.85. The summed E-state index contributed by atoms with van der Waals surface area (Å²) in [5.41, 5.74) is 1.04. The minimum absolute atomic E-state index is 0.111. The number of aromatic nitrogens is 1. The molecule has 0 radical (unpaired) electrons. The lowest BCUT2D eigenvalue weighted by Crippen LogP contribution is -2.22. The van der Waals surface area contributed by atoms with Gasteiger partial charge < -0.3 is 20.1 Å². The van der Waals surface area contributed by atoms with Gasteiger partial charge in [-0.05, 0) is 23.6 Å². The maximum Gasteiger partial charge on any atom is 0.136 e. The molecule has 5 nitrogen and oxygen atoms in total. The fourth-order valence-electron chi connectivity index (χ4n) is 2.12. The van der Waals surface area contributed by atoms with Gasteiger partial charge in [-0.1, -0.05) is 6.07 Å². The maximum atomic E-state index is 9.07. The van der Waals surface area contributed by atoms with Crippen molar-refractivity contribution in [2.45, 2.75) is 0 Å². The van der Waals surface area contributed by atoms with Gasteiger partial charge in [-0.25, -0.2) is 4.98 Å².